The number of nitrogens with one attached hydrogen (secondary N) is 1. The lowest BCUT2D eigenvalue weighted by Crippen LogP contribution is -2.24. The molecule has 3 heteroatoms. The first kappa shape index (κ1) is 12.1. The normalized spacial score (nSPS) is 19.2. The molecule has 0 saturated carbocycles. The van der Waals surface area contributed by atoms with Gasteiger partial charge >= 0.3 is 0 Å². The Kier molecular flexibility index (Phi) is 3.65. The Labute approximate surface area is 105 Å². The van der Waals surface area contributed by atoms with Crippen LogP contribution in [0.15, 0.2) is 16.6 Å². The number of hydrogen-bond donors (Lipinski definition) is 1. The van der Waals surface area contributed by atoms with Crippen LogP contribution in [0.2, 0.25) is 0 Å². The van der Waals surface area contributed by atoms with Crippen molar-refractivity contribution in [3.05, 3.63) is 33.5 Å². The van der Waals surface area contributed by atoms with E-state index >= 15 is 0 Å². The highest BCUT2D eigenvalue weighted by molar-refractivity contribution is 9.10. The van der Waals surface area contributed by atoms with Gasteiger partial charge in [-0.25, -0.2) is 4.39 Å². The quantitative estimate of drug-likeness (QED) is 0.890. The smallest absolute Gasteiger partial charge is 0.126 e. The maximum absolute atomic E-state index is 13.6. The first-order valence-corrected chi connectivity index (χ1v) is 6.59. The Balaban J connectivity index is 2.22. The van der Waals surface area contributed by atoms with E-state index in [1.807, 2.05) is 6.07 Å². The molecule has 0 amide bonds. The SMILES string of the molecule is CC(C)CNC1CCc2c(F)ccc(Br)c21. The summed E-state index contributed by atoms with van der Waals surface area (Å²) in [7, 11) is 0. The molecular weight excluding hydrogens is 269 g/mol. The summed E-state index contributed by atoms with van der Waals surface area (Å²) in [4.78, 5) is 0. The molecule has 0 radical (unpaired) electrons. The van der Waals surface area contributed by atoms with Gasteiger partial charge in [0.25, 0.3) is 0 Å². The summed E-state index contributed by atoms with van der Waals surface area (Å²) < 4.78 is 14.6. The summed E-state index contributed by atoms with van der Waals surface area (Å²) in [5, 5.41) is 3.51. The second kappa shape index (κ2) is 4.84. The first-order chi connectivity index (χ1) is 7.59. The zero-order chi connectivity index (χ0) is 11.7. The minimum atomic E-state index is -0.0629. The van der Waals surface area contributed by atoms with Gasteiger partial charge in [-0.1, -0.05) is 29.8 Å². The number of hydrogen-bond acceptors (Lipinski definition) is 1. The average molecular weight is 286 g/mol. The van der Waals surface area contributed by atoms with Crippen molar-refractivity contribution in [1.29, 1.82) is 0 Å². The van der Waals surface area contributed by atoms with Gasteiger partial charge in [-0.15, -0.1) is 0 Å². The lowest BCUT2D eigenvalue weighted by molar-refractivity contribution is 0.471. The predicted octanol–water partition coefficient (Wildman–Crippen LogP) is 3.82. The van der Waals surface area contributed by atoms with Gasteiger partial charge in [0.05, 0.1) is 0 Å². The van der Waals surface area contributed by atoms with Crippen LogP contribution in [0.4, 0.5) is 4.39 Å². The fraction of sp³-hybridized carbons (Fsp3) is 0.538. The summed E-state index contributed by atoms with van der Waals surface area (Å²) in [5.74, 6) is 0.559. The molecule has 2 rings (SSSR count). The monoisotopic (exact) mass is 285 g/mol. The fourth-order valence-corrected chi connectivity index (χ4v) is 2.90. The fourth-order valence-electron chi connectivity index (χ4n) is 2.26. The second-order valence-corrected chi connectivity index (χ2v) is 5.67. The van der Waals surface area contributed by atoms with Crippen molar-refractivity contribution < 1.29 is 4.39 Å². The highest BCUT2D eigenvalue weighted by Gasteiger charge is 2.26. The topological polar surface area (TPSA) is 12.0 Å². The zero-order valence-corrected chi connectivity index (χ0v) is 11.3. The number of rotatable bonds is 3. The summed E-state index contributed by atoms with van der Waals surface area (Å²) in [6, 6.07) is 3.67. The third-order valence-electron chi connectivity index (χ3n) is 3.05. The van der Waals surface area contributed by atoms with Crippen molar-refractivity contribution in [1.82, 2.24) is 5.32 Å². The number of fused-ring (bicyclic) bond motifs is 1. The van der Waals surface area contributed by atoms with Crippen LogP contribution in [0.25, 0.3) is 0 Å². The van der Waals surface area contributed by atoms with Gasteiger partial charge < -0.3 is 5.32 Å². The van der Waals surface area contributed by atoms with E-state index < -0.39 is 0 Å². The average Bonchev–Trinajstić information content (AvgIpc) is 2.65. The van der Waals surface area contributed by atoms with Crippen molar-refractivity contribution in [3.63, 3.8) is 0 Å². The van der Waals surface area contributed by atoms with E-state index in [1.54, 1.807) is 6.07 Å². The number of benzene rings is 1. The molecule has 1 aromatic carbocycles. The molecule has 1 N–H and O–H groups in total. The molecule has 88 valence electrons. The summed E-state index contributed by atoms with van der Waals surface area (Å²) >= 11 is 3.52. The van der Waals surface area contributed by atoms with Crippen LogP contribution in [0.1, 0.15) is 37.4 Å². The molecular formula is C13H17BrFN. The molecule has 0 aromatic heterocycles. The molecule has 0 saturated heterocycles. The molecule has 0 bridgehead atoms. The number of halogens is 2. The van der Waals surface area contributed by atoms with Gasteiger partial charge in [-0.05, 0) is 48.6 Å². The van der Waals surface area contributed by atoms with Crippen LogP contribution in [0.3, 0.4) is 0 Å². The molecule has 0 fully saturated rings. The van der Waals surface area contributed by atoms with E-state index in [0.29, 0.717) is 12.0 Å². The Bertz CT molecular complexity index is 390. The lowest BCUT2D eigenvalue weighted by atomic mass is 10.1. The molecule has 0 aliphatic heterocycles. The predicted molar refractivity (Wildman–Crippen MR) is 68.0 cm³/mol. The molecule has 0 spiro atoms. The van der Waals surface area contributed by atoms with Gasteiger partial charge in [-0.3, -0.25) is 0 Å². The Morgan fingerprint density at radius 2 is 2.25 bits per heavy atom. The van der Waals surface area contributed by atoms with Crippen LogP contribution in [-0.2, 0) is 6.42 Å². The molecule has 1 atom stereocenters. The Morgan fingerprint density at radius 3 is 2.94 bits per heavy atom. The largest absolute Gasteiger partial charge is 0.310 e. The van der Waals surface area contributed by atoms with Crippen LogP contribution >= 0.6 is 15.9 Å². The maximum Gasteiger partial charge on any atom is 0.126 e. The Hall–Kier alpha value is -0.410. The summed E-state index contributed by atoms with van der Waals surface area (Å²) in [5.41, 5.74) is 2.01. The van der Waals surface area contributed by atoms with E-state index in [9.17, 15) is 4.39 Å². The van der Waals surface area contributed by atoms with Gasteiger partial charge in [0, 0.05) is 10.5 Å². The van der Waals surface area contributed by atoms with Crippen LogP contribution in [0.5, 0.6) is 0 Å². The summed E-state index contributed by atoms with van der Waals surface area (Å²) in [6.07, 6.45) is 1.85. The molecule has 1 aromatic rings. The highest BCUT2D eigenvalue weighted by atomic mass is 79.9. The third kappa shape index (κ3) is 2.30. The first-order valence-electron chi connectivity index (χ1n) is 5.79. The van der Waals surface area contributed by atoms with Crippen molar-refractivity contribution >= 4 is 15.9 Å². The van der Waals surface area contributed by atoms with Gasteiger partial charge in [0.2, 0.25) is 0 Å². The molecule has 0 heterocycles. The van der Waals surface area contributed by atoms with Crippen LogP contribution in [0, 0.1) is 11.7 Å². The summed E-state index contributed by atoms with van der Waals surface area (Å²) in [6.45, 7) is 5.35. The Morgan fingerprint density at radius 1 is 1.50 bits per heavy atom. The van der Waals surface area contributed by atoms with E-state index in [2.05, 4.69) is 35.1 Å². The van der Waals surface area contributed by atoms with Gasteiger partial charge in [-0.2, -0.15) is 0 Å². The van der Waals surface area contributed by atoms with Crippen molar-refractivity contribution in [3.8, 4) is 0 Å². The van der Waals surface area contributed by atoms with E-state index in [4.69, 9.17) is 0 Å². The van der Waals surface area contributed by atoms with Crippen molar-refractivity contribution in [2.45, 2.75) is 32.7 Å². The van der Waals surface area contributed by atoms with Crippen molar-refractivity contribution in [2.75, 3.05) is 6.54 Å². The molecule has 1 unspecified atom stereocenters. The minimum absolute atomic E-state index is 0.0629. The van der Waals surface area contributed by atoms with E-state index in [-0.39, 0.29) is 5.82 Å². The molecule has 16 heavy (non-hydrogen) atoms. The third-order valence-corrected chi connectivity index (χ3v) is 3.74. The van der Waals surface area contributed by atoms with Crippen LogP contribution in [-0.4, -0.2) is 6.54 Å². The minimum Gasteiger partial charge on any atom is -0.310 e. The second-order valence-electron chi connectivity index (χ2n) is 4.81. The molecule has 1 aliphatic carbocycles. The van der Waals surface area contributed by atoms with Crippen molar-refractivity contribution in [2.24, 2.45) is 5.92 Å². The van der Waals surface area contributed by atoms with Gasteiger partial charge in [0.15, 0.2) is 0 Å². The standard InChI is InChI=1S/C13H17BrFN/c1-8(2)7-16-12-6-3-9-11(15)5-4-10(14)13(9)12/h4-5,8,12,16H,3,6-7H2,1-2H3. The van der Waals surface area contributed by atoms with Gasteiger partial charge in [0.1, 0.15) is 5.82 Å². The highest BCUT2D eigenvalue weighted by Crippen LogP contribution is 2.37. The molecule has 1 nitrogen and oxygen atoms in total. The van der Waals surface area contributed by atoms with Crippen LogP contribution < -0.4 is 5.32 Å². The maximum atomic E-state index is 13.6. The lowest BCUT2D eigenvalue weighted by Gasteiger charge is -2.17. The molecule has 1 aliphatic rings. The van der Waals surface area contributed by atoms with E-state index in [1.165, 1.54) is 0 Å². The zero-order valence-electron chi connectivity index (χ0n) is 9.69. The van der Waals surface area contributed by atoms with E-state index in [0.717, 1.165) is 35.0 Å².